The molecule has 0 aromatic carbocycles. The minimum absolute atomic E-state index is 0.208. The lowest BCUT2D eigenvalue weighted by molar-refractivity contribution is -0.136. The fourth-order valence-corrected chi connectivity index (χ4v) is 3.45. The molecule has 0 unspecified atom stereocenters. The molecule has 1 saturated carbocycles. The lowest BCUT2D eigenvalue weighted by atomic mass is 9.69. The molecule has 2 fully saturated rings. The number of hydrogen-bond acceptors (Lipinski definition) is 2. The first-order valence-electron chi connectivity index (χ1n) is 7.42. The highest BCUT2D eigenvalue weighted by Gasteiger charge is 2.35. The van der Waals surface area contributed by atoms with Crippen LogP contribution in [-0.2, 0) is 4.79 Å². The molecule has 1 aliphatic carbocycles. The van der Waals surface area contributed by atoms with Crippen LogP contribution in [0.1, 0.15) is 52.9 Å². The van der Waals surface area contributed by atoms with Crippen LogP contribution in [0.2, 0.25) is 0 Å². The third kappa shape index (κ3) is 3.05. The van der Waals surface area contributed by atoms with Crippen molar-refractivity contribution in [3.05, 3.63) is 0 Å². The minimum Gasteiger partial charge on any atom is -0.341 e. The molecule has 0 bridgehead atoms. The van der Waals surface area contributed by atoms with Crippen LogP contribution in [-0.4, -0.2) is 29.9 Å². The van der Waals surface area contributed by atoms with Crippen molar-refractivity contribution < 1.29 is 4.79 Å². The maximum absolute atomic E-state index is 12.4. The molecule has 0 spiro atoms. The highest BCUT2D eigenvalue weighted by atomic mass is 16.2. The largest absolute Gasteiger partial charge is 0.341 e. The zero-order valence-electron chi connectivity index (χ0n) is 12.1. The molecule has 2 rings (SSSR count). The molecule has 1 saturated heterocycles. The van der Waals surface area contributed by atoms with Gasteiger partial charge in [0, 0.05) is 25.0 Å². The average molecular weight is 252 g/mol. The van der Waals surface area contributed by atoms with Crippen molar-refractivity contribution in [1.82, 2.24) is 4.90 Å². The third-order valence-electron chi connectivity index (χ3n) is 4.84. The molecule has 3 nitrogen and oxygen atoms in total. The van der Waals surface area contributed by atoms with Crippen molar-refractivity contribution in [1.29, 1.82) is 0 Å². The van der Waals surface area contributed by atoms with Gasteiger partial charge in [0.15, 0.2) is 0 Å². The van der Waals surface area contributed by atoms with Crippen molar-refractivity contribution in [3.63, 3.8) is 0 Å². The van der Waals surface area contributed by atoms with E-state index in [9.17, 15) is 4.79 Å². The summed E-state index contributed by atoms with van der Waals surface area (Å²) < 4.78 is 0. The Morgan fingerprint density at radius 1 is 1.11 bits per heavy atom. The van der Waals surface area contributed by atoms with E-state index < -0.39 is 0 Å². The summed E-state index contributed by atoms with van der Waals surface area (Å²) in [7, 11) is 0. The fraction of sp³-hybridized carbons (Fsp3) is 0.933. The number of nitrogens with zero attached hydrogens (tertiary/aromatic N) is 1. The van der Waals surface area contributed by atoms with E-state index in [0.717, 1.165) is 38.3 Å². The van der Waals surface area contributed by atoms with Gasteiger partial charge >= 0.3 is 0 Å². The summed E-state index contributed by atoms with van der Waals surface area (Å²) >= 11 is 0. The van der Waals surface area contributed by atoms with Gasteiger partial charge in [-0.05, 0) is 43.4 Å². The van der Waals surface area contributed by atoms with E-state index in [-0.39, 0.29) is 12.0 Å². The van der Waals surface area contributed by atoms with Gasteiger partial charge in [0.05, 0.1) is 0 Å². The Balaban J connectivity index is 1.84. The molecule has 3 heteroatoms. The Hall–Kier alpha value is -0.570. The molecule has 1 aliphatic heterocycles. The van der Waals surface area contributed by atoms with Gasteiger partial charge in [0.1, 0.15) is 0 Å². The van der Waals surface area contributed by atoms with Gasteiger partial charge in [-0.3, -0.25) is 4.79 Å². The predicted molar refractivity (Wildman–Crippen MR) is 74.1 cm³/mol. The molecule has 0 aromatic rings. The second kappa shape index (κ2) is 5.20. The average Bonchev–Trinajstić information content (AvgIpc) is 2.74. The zero-order valence-corrected chi connectivity index (χ0v) is 12.1. The van der Waals surface area contributed by atoms with E-state index in [0.29, 0.717) is 11.3 Å². The monoisotopic (exact) mass is 252 g/mol. The number of rotatable bonds is 1. The van der Waals surface area contributed by atoms with Gasteiger partial charge in [-0.2, -0.15) is 0 Å². The number of nitrogens with two attached hydrogens (primary N) is 1. The number of carbonyl (C=O) groups excluding carboxylic acids is 1. The standard InChI is InChI=1S/C15H28N2O/c1-15(2,3)12-6-4-11(5-7-12)14(18)17-9-8-13(16)10-17/h11-13H,4-10,16H2,1-3H3/t11?,12?,13-/m0/s1. The maximum Gasteiger partial charge on any atom is 0.225 e. The van der Waals surface area contributed by atoms with Crippen LogP contribution in [0.5, 0.6) is 0 Å². The predicted octanol–water partition coefficient (Wildman–Crippen LogP) is 2.40. The molecular weight excluding hydrogens is 224 g/mol. The Labute approximate surface area is 111 Å². The summed E-state index contributed by atoms with van der Waals surface area (Å²) in [6, 6.07) is 0.208. The number of amides is 1. The van der Waals surface area contributed by atoms with E-state index in [1.54, 1.807) is 0 Å². The number of hydrogen-bond donors (Lipinski definition) is 1. The first kappa shape index (κ1) is 13.9. The highest BCUT2D eigenvalue weighted by Crippen LogP contribution is 2.40. The third-order valence-corrected chi connectivity index (χ3v) is 4.84. The Morgan fingerprint density at radius 3 is 2.17 bits per heavy atom. The molecule has 18 heavy (non-hydrogen) atoms. The van der Waals surface area contributed by atoms with Gasteiger partial charge < -0.3 is 10.6 Å². The first-order valence-corrected chi connectivity index (χ1v) is 7.42. The lowest BCUT2D eigenvalue weighted by Crippen LogP contribution is -2.38. The van der Waals surface area contributed by atoms with Crippen LogP contribution in [0.3, 0.4) is 0 Å². The smallest absolute Gasteiger partial charge is 0.225 e. The normalized spacial score (nSPS) is 33.8. The summed E-state index contributed by atoms with van der Waals surface area (Å²) in [4.78, 5) is 14.4. The van der Waals surface area contributed by atoms with E-state index in [1.807, 2.05) is 4.90 Å². The van der Waals surface area contributed by atoms with Crippen LogP contribution >= 0.6 is 0 Å². The van der Waals surface area contributed by atoms with Crippen molar-refractivity contribution in [3.8, 4) is 0 Å². The second-order valence-electron chi connectivity index (χ2n) is 7.25. The van der Waals surface area contributed by atoms with E-state index in [1.165, 1.54) is 12.8 Å². The van der Waals surface area contributed by atoms with Crippen molar-refractivity contribution in [2.24, 2.45) is 23.0 Å². The number of carbonyl (C=O) groups is 1. The zero-order chi connectivity index (χ0) is 13.3. The summed E-state index contributed by atoms with van der Waals surface area (Å²) in [6.07, 6.45) is 5.54. The van der Waals surface area contributed by atoms with Crippen LogP contribution < -0.4 is 5.73 Å². The lowest BCUT2D eigenvalue weighted by Gasteiger charge is -2.37. The molecule has 0 radical (unpaired) electrons. The van der Waals surface area contributed by atoms with Crippen molar-refractivity contribution >= 4 is 5.91 Å². The topological polar surface area (TPSA) is 46.3 Å². The summed E-state index contributed by atoms with van der Waals surface area (Å²) in [5, 5.41) is 0. The molecule has 104 valence electrons. The molecule has 1 atom stereocenters. The Kier molecular flexibility index (Phi) is 4.00. The highest BCUT2D eigenvalue weighted by molar-refractivity contribution is 5.79. The Morgan fingerprint density at radius 2 is 1.72 bits per heavy atom. The van der Waals surface area contributed by atoms with Crippen LogP contribution in [0, 0.1) is 17.3 Å². The van der Waals surface area contributed by atoms with Crippen LogP contribution in [0.4, 0.5) is 0 Å². The molecule has 0 aromatic heterocycles. The van der Waals surface area contributed by atoms with Gasteiger partial charge in [0.2, 0.25) is 5.91 Å². The van der Waals surface area contributed by atoms with E-state index in [4.69, 9.17) is 5.73 Å². The summed E-state index contributed by atoms with van der Waals surface area (Å²) in [6.45, 7) is 8.61. The molecule has 2 aliphatic rings. The molecule has 1 heterocycles. The maximum atomic E-state index is 12.4. The van der Waals surface area contributed by atoms with Crippen LogP contribution in [0.25, 0.3) is 0 Å². The van der Waals surface area contributed by atoms with Gasteiger partial charge in [-0.1, -0.05) is 20.8 Å². The fourth-order valence-electron chi connectivity index (χ4n) is 3.45. The van der Waals surface area contributed by atoms with E-state index >= 15 is 0 Å². The molecule has 1 amide bonds. The minimum atomic E-state index is 0.208. The van der Waals surface area contributed by atoms with Gasteiger partial charge in [-0.15, -0.1) is 0 Å². The van der Waals surface area contributed by atoms with E-state index in [2.05, 4.69) is 20.8 Å². The van der Waals surface area contributed by atoms with Crippen molar-refractivity contribution in [2.75, 3.05) is 13.1 Å². The quantitative estimate of drug-likeness (QED) is 0.779. The summed E-state index contributed by atoms with van der Waals surface area (Å²) in [5.74, 6) is 1.42. The van der Waals surface area contributed by atoms with Gasteiger partial charge in [-0.25, -0.2) is 0 Å². The summed E-state index contributed by atoms with van der Waals surface area (Å²) in [5.41, 5.74) is 6.27. The second-order valence-corrected chi connectivity index (χ2v) is 7.25. The first-order chi connectivity index (χ1) is 8.38. The molecule has 2 N–H and O–H groups in total. The number of likely N-dealkylation sites (tertiary alicyclic amines) is 1. The van der Waals surface area contributed by atoms with Gasteiger partial charge in [0.25, 0.3) is 0 Å². The Bertz CT molecular complexity index is 300. The van der Waals surface area contributed by atoms with Crippen LogP contribution in [0.15, 0.2) is 0 Å². The molecular formula is C15H28N2O. The van der Waals surface area contributed by atoms with Crippen molar-refractivity contribution in [2.45, 2.75) is 58.9 Å². The SMILES string of the molecule is CC(C)(C)C1CCC(C(=O)N2CC[C@H](N)C2)CC1.